The van der Waals surface area contributed by atoms with Crippen LogP contribution in [0.2, 0.25) is 0 Å². The van der Waals surface area contributed by atoms with Gasteiger partial charge in [-0.3, -0.25) is 0 Å². The summed E-state index contributed by atoms with van der Waals surface area (Å²) in [6.07, 6.45) is 0. The molecular formula is C44H44O4P2. The van der Waals surface area contributed by atoms with Crippen molar-refractivity contribution >= 4 is 46.1 Å². The van der Waals surface area contributed by atoms with E-state index in [2.05, 4.69) is 27.7 Å². The Morgan fingerprint density at radius 2 is 0.660 bits per heavy atom. The van der Waals surface area contributed by atoms with Crippen LogP contribution in [0.1, 0.15) is 50.7 Å². The Hall–Kier alpha value is -4.62. The third kappa shape index (κ3) is 6.06. The average Bonchev–Trinajstić information content (AvgIpc) is 3.17. The second-order valence-corrected chi connectivity index (χ2v) is 18.4. The zero-order valence-corrected chi connectivity index (χ0v) is 31.3. The summed E-state index contributed by atoms with van der Waals surface area (Å²) < 4.78 is 45.6. The normalized spacial score (nSPS) is 11.9. The van der Waals surface area contributed by atoms with E-state index in [1.807, 2.05) is 146 Å². The average molecular weight is 699 g/mol. The fraction of sp³-hybridized carbons (Fsp3) is 0.182. The van der Waals surface area contributed by atoms with Crippen molar-refractivity contribution in [3.05, 3.63) is 157 Å². The van der Waals surface area contributed by atoms with Crippen LogP contribution in [0, 0.1) is 0 Å². The van der Waals surface area contributed by atoms with E-state index in [9.17, 15) is 0 Å². The van der Waals surface area contributed by atoms with Gasteiger partial charge in [0.05, 0.1) is 14.2 Å². The van der Waals surface area contributed by atoms with Crippen LogP contribution >= 0.6 is 14.3 Å². The van der Waals surface area contributed by atoms with Crippen molar-refractivity contribution in [2.75, 3.05) is 14.2 Å². The van der Waals surface area contributed by atoms with Crippen molar-refractivity contribution in [1.82, 2.24) is 0 Å². The molecule has 0 aliphatic carbocycles. The van der Waals surface area contributed by atoms with Gasteiger partial charge in [0, 0.05) is 43.0 Å². The predicted molar refractivity (Wildman–Crippen MR) is 212 cm³/mol. The van der Waals surface area contributed by atoms with Gasteiger partial charge in [0.2, 0.25) is 0 Å². The Kier molecular flexibility index (Phi) is 10.4. The van der Waals surface area contributed by atoms with E-state index < -0.39 is 14.3 Å². The maximum absolute atomic E-state index is 16.6. The smallest absolute Gasteiger partial charge is 0.172 e. The van der Waals surface area contributed by atoms with Crippen molar-refractivity contribution < 1.29 is 18.6 Å². The third-order valence-electron chi connectivity index (χ3n) is 9.38. The molecule has 6 aromatic carbocycles. The number of ether oxygens (including phenoxy) is 2. The molecule has 0 spiro atoms. The predicted octanol–water partition coefficient (Wildman–Crippen LogP) is 8.90. The van der Waals surface area contributed by atoms with Crippen molar-refractivity contribution in [3.8, 4) is 22.6 Å². The SMILES string of the molecule is COc1ccc(C(C)C)c(P(=O)(c2ccccc2)c2ccccc2)c1-c1c(OC)ccc(C(C)C)c1P(=O)(c1ccccc1)c1ccccc1. The lowest BCUT2D eigenvalue weighted by molar-refractivity contribution is 0.410. The van der Waals surface area contributed by atoms with E-state index >= 15 is 9.13 Å². The molecule has 0 fully saturated rings. The summed E-state index contributed by atoms with van der Waals surface area (Å²) in [5.41, 5.74) is 3.12. The molecule has 0 aromatic heterocycles. The third-order valence-corrected chi connectivity index (χ3v) is 15.7. The molecule has 0 bridgehead atoms. The van der Waals surface area contributed by atoms with Crippen molar-refractivity contribution in [2.45, 2.75) is 39.5 Å². The van der Waals surface area contributed by atoms with Crippen molar-refractivity contribution in [1.29, 1.82) is 0 Å². The van der Waals surface area contributed by atoms with E-state index in [0.717, 1.165) is 11.1 Å². The standard InChI is InChI=1S/C44H44O4P2/c1-31(2)37-27-29-39(47-5)41(43(37)49(45,33-19-11-7-12-20-33)34-21-13-8-14-22-34)42-40(48-6)30-28-38(32(3)4)44(42)50(46,35-23-15-9-16-24-35)36-25-17-10-18-26-36/h7-32H,1-6H3. The van der Waals surface area contributed by atoms with Crippen molar-refractivity contribution in [2.24, 2.45) is 0 Å². The minimum Gasteiger partial charge on any atom is -0.496 e. The second kappa shape index (κ2) is 14.7. The quantitative estimate of drug-likeness (QED) is 0.127. The topological polar surface area (TPSA) is 52.6 Å². The van der Waals surface area contributed by atoms with Gasteiger partial charge in [-0.1, -0.05) is 161 Å². The maximum atomic E-state index is 16.6. The van der Waals surface area contributed by atoms with E-state index in [-0.39, 0.29) is 11.8 Å². The summed E-state index contributed by atoms with van der Waals surface area (Å²) in [5, 5.41) is 4.15. The fourth-order valence-corrected chi connectivity index (χ4v) is 13.4. The van der Waals surface area contributed by atoms with E-state index in [4.69, 9.17) is 9.47 Å². The minimum atomic E-state index is -3.62. The van der Waals surface area contributed by atoms with Crippen LogP contribution in [0.15, 0.2) is 146 Å². The van der Waals surface area contributed by atoms with Crippen LogP contribution in [-0.2, 0) is 9.13 Å². The Balaban J connectivity index is 1.91. The largest absolute Gasteiger partial charge is 0.496 e. The highest BCUT2D eigenvalue weighted by atomic mass is 31.2. The lowest BCUT2D eigenvalue weighted by Crippen LogP contribution is -2.33. The molecule has 0 saturated carbocycles. The molecule has 6 heteroatoms. The summed E-state index contributed by atoms with van der Waals surface area (Å²) in [5.74, 6) is 1.05. The second-order valence-electron chi connectivity index (χ2n) is 13.0. The molecule has 0 aliphatic heterocycles. The molecule has 0 heterocycles. The van der Waals surface area contributed by atoms with Gasteiger partial charge in [-0.2, -0.15) is 0 Å². The minimum absolute atomic E-state index is 0.00631. The van der Waals surface area contributed by atoms with E-state index in [1.54, 1.807) is 14.2 Å². The molecule has 50 heavy (non-hydrogen) atoms. The fourth-order valence-electron chi connectivity index (χ4n) is 6.98. The highest BCUT2D eigenvalue weighted by Gasteiger charge is 2.42. The molecule has 0 N–H and O–H groups in total. The number of benzene rings is 6. The van der Waals surface area contributed by atoms with Gasteiger partial charge in [-0.25, -0.2) is 0 Å². The number of hydrogen-bond acceptors (Lipinski definition) is 4. The van der Waals surface area contributed by atoms with Crippen LogP contribution in [0.4, 0.5) is 0 Å². The van der Waals surface area contributed by atoms with Gasteiger partial charge in [-0.15, -0.1) is 0 Å². The first-order chi connectivity index (χ1) is 24.2. The summed E-state index contributed by atoms with van der Waals surface area (Å²) >= 11 is 0. The number of methoxy groups -OCH3 is 2. The Morgan fingerprint density at radius 3 is 0.880 bits per heavy atom. The van der Waals surface area contributed by atoms with Gasteiger partial charge in [0.1, 0.15) is 11.5 Å². The molecule has 6 aromatic rings. The summed E-state index contributed by atoms with van der Waals surface area (Å²) in [4.78, 5) is 0. The first-order valence-electron chi connectivity index (χ1n) is 17.0. The Bertz CT molecular complexity index is 1930. The first kappa shape index (κ1) is 35.2. The van der Waals surface area contributed by atoms with E-state index in [0.29, 0.717) is 54.5 Å². The Morgan fingerprint density at radius 1 is 0.400 bits per heavy atom. The summed E-state index contributed by atoms with van der Waals surface area (Å²) in [6, 6.07) is 46.8. The first-order valence-corrected chi connectivity index (χ1v) is 20.4. The van der Waals surface area contributed by atoms with Crippen LogP contribution in [0.3, 0.4) is 0 Å². The van der Waals surface area contributed by atoms with Crippen molar-refractivity contribution in [3.63, 3.8) is 0 Å². The number of rotatable bonds is 11. The highest BCUT2D eigenvalue weighted by molar-refractivity contribution is 7.86. The van der Waals surface area contributed by atoms with Gasteiger partial charge in [0.15, 0.2) is 14.3 Å². The molecule has 4 nitrogen and oxygen atoms in total. The van der Waals surface area contributed by atoms with Gasteiger partial charge in [0.25, 0.3) is 0 Å². The molecule has 0 radical (unpaired) electrons. The summed E-state index contributed by atoms with van der Waals surface area (Å²) in [6.45, 7) is 8.49. The molecule has 0 atom stereocenters. The van der Waals surface area contributed by atoms with Crippen LogP contribution < -0.4 is 41.3 Å². The lowest BCUT2D eigenvalue weighted by Gasteiger charge is -2.32. The molecule has 0 saturated heterocycles. The molecule has 0 amide bonds. The summed E-state index contributed by atoms with van der Waals surface area (Å²) in [7, 11) is -3.97. The van der Waals surface area contributed by atoms with Crippen LogP contribution in [0.25, 0.3) is 11.1 Å². The Labute approximate surface area is 296 Å². The van der Waals surface area contributed by atoms with E-state index in [1.165, 1.54) is 0 Å². The zero-order valence-electron chi connectivity index (χ0n) is 29.5. The van der Waals surface area contributed by atoms with Crippen LogP contribution in [0.5, 0.6) is 11.5 Å². The molecule has 0 aliphatic rings. The molecule has 254 valence electrons. The monoisotopic (exact) mass is 698 g/mol. The molecular weight excluding hydrogens is 654 g/mol. The van der Waals surface area contributed by atoms with Gasteiger partial charge >= 0.3 is 0 Å². The molecule has 0 unspecified atom stereocenters. The zero-order chi connectivity index (χ0) is 35.5. The number of hydrogen-bond donors (Lipinski definition) is 0. The van der Waals surface area contributed by atoms with Crippen LogP contribution in [-0.4, -0.2) is 14.2 Å². The highest BCUT2D eigenvalue weighted by Crippen LogP contribution is 2.55. The van der Waals surface area contributed by atoms with Gasteiger partial charge < -0.3 is 18.6 Å². The van der Waals surface area contributed by atoms with Gasteiger partial charge in [-0.05, 0) is 35.1 Å². The molecule has 6 rings (SSSR count). The maximum Gasteiger partial charge on any atom is 0.172 e. The lowest BCUT2D eigenvalue weighted by atomic mass is 9.92.